The molecule has 0 bridgehead atoms. The quantitative estimate of drug-likeness (QED) is 0.661. The Balaban J connectivity index is 1.87. The minimum Gasteiger partial charge on any atom is -0.481 e. The minimum atomic E-state index is -0.780. The second-order valence-electron chi connectivity index (χ2n) is 5.42. The van der Waals surface area contributed by atoms with Gasteiger partial charge in [0.1, 0.15) is 0 Å². The number of urea groups is 1. The number of carboxylic acids is 1. The van der Waals surface area contributed by atoms with E-state index in [1.54, 1.807) is 4.90 Å². The molecule has 0 aromatic carbocycles. The van der Waals surface area contributed by atoms with Crippen molar-refractivity contribution in [3.8, 4) is 0 Å². The van der Waals surface area contributed by atoms with Gasteiger partial charge in [-0.15, -0.1) is 0 Å². The monoisotopic (exact) mass is 255 g/mol. The summed E-state index contributed by atoms with van der Waals surface area (Å²) in [5, 5.41) is 12.2. The van der Waals surface area contributed by atoms with E-state index in [4.69, 9.17) is 10.8 Å². The molecule has 0 spiro atoms. The van der Waals surface area contributed by atoms with Gasteiger partial charge in [-0.3, -0.25) is 4.79 Å². The number of aliphatic carboxylic acids is 1. The zero-order valence-electron chi connectivity index (χ0n) is 10.5. The molecule has 4 N–H and O–H groups in total. The first-order chi connectivity index (χ1) is 8.54. The molecule has 18 heavy (non-hydrogen) atoms. The van der Waals surface area contributed by atoms with E-state index in [-0.39, 0.29) is 18.4 Å². The van der Waals surface area contributed by atoms with Crippen LogP contribution in [0.4, 0.5) is 4.79 Å². The molecule has 1 aliphatic heterocycles. The van der Waals surface area contributed by atoms with E-state index in [2.05, 4.69) is 5.32 Å². The zero-order valence-corrected chi connectivity index (χ0v) is 10.5. The number of nitrogens with zero attached hydrogens (tertiary/aromatic N) is 1. The lowest BCUT2D eigenvalue weighted by Crippen LogP contribution is -2.53. The molecule has 2 fully saturated rings. The lowest BCUT2D eigenvalue weighted by Gasteiger charge is -2.37. The molecular weight excluding hydrogens is 234 g/mol. The summed E-state index contributed by atoms with van der Waals surface area (Å²) in [6, 6.07) is 0.443. The van der Waals surface area contributed by atoms with Gasteiger partial charge in [-0.2, -0.15) is 0 Å². The molecule has 1 aliphatic carbocycles. The first-order valence-corrected chi connectivity index (χ1v) is 6.57. The topological polar surface area (TPSA) is 95.7 Å². The van der Waals surface area contributed by atoms with E-state index in [0.717, 1.165) is 6.42 Å². The SMILES string of the molecule is NC(=O)N1CC(CCC(=O)O)CC(NC2CC2)C1. The zero-order chi connectivity index (χ0) is 13.1. The van der Waals surface area contributed by atoms with Crippen LogP contribution in [0.1, 0.15) is 32.1 Å². The molecule has 2 unspecified atom stereocenters. The number of piperidine rings is 1. The molecular formula is C12H21N3O3. The van der Waals surface area contributed by atoms with Crippen LogP contribution in [0.15, 0.2) is 0 Å². The van der Waals surface area contributed by atoms with E-state index in [9.17, 15) is 9.59 Å². The number of hydrogen-bond acceptors (Lipinski definition) is 3. The Morgan fingerprint density at radius 3 is 2.56 bits per heavy atom. The predicted octanol–water partition coefficient (Wildman–Crippen LogP) is 0.372. The number of carbonyl (C=O) groups excluding carboxylic acids is 1. The molecule has 0 aromatic rings. The first kappa shape index (κ1) is 13.1. The summed E-state index contributed by atoms with van der Waals surface area (Å²) in [5.74, 6) is -0.545. The fraction of sp³-hybridized carbons (Fsp3) is 0.833. The van der Waals surface area contributed by atoms with Crippen LogP contribution in [0.25, 0.3) is 0 Å². The summed E-state index contributed by atoms with van der Waals surface area (Å²) in [6.07, 6.45) is 4.11. The van der Waals surface area contributed by atoms with Crippen molar-refractivity contribution in [3.63, 3.8) is 0 Å². The van der Waals surface area contributed by atoms with Crippen molar-refractivity contribution >= 4 is 12.0 Å². The van der Waals surface area contributed by atoms with Crippen LogP contribution in [-0.2, 0) is 4.79 Å². The van der Waals surface area contributed by atoms with E-state index < -0.39 is 12.0 Å². The fourth-order valence-electron chi connectivity index (χ4n) is 2.62. The van der Waals surface area contributed by atoms with Gasteiger partial charge in [0.2, 0.25) is 0 Å². The van der Waals surface area contributed by atoms with Gasteiger partial charge in [0, 0.05) is 31.6 Å². The van der Waals surface area contributed by atoms with Crippen molar-refractivity contribution in [3.05, 3.63) is 0 Å². The molecule has 1 heterocycles. The molecule has 2 amide bonds. The molecule has 2 aliphatic rings. The lowest BCUT2D eigenvalue weighted by molar-refractivity contribution is -0.137. The molecule has 6 heteroatoms. The molecule has 2 rings (SSSR count). The van der Waals surface area contributed by atoms with Crippen LogP contribution in [0.5, 0.6) is 0 Å². The van der Waals surface area contributed by atoms with Gasteiger partial charge in [0.15, 0.2) is 0 Å². The third-order valence-corrected chi connectivity index (χ3v) is 3.66. The standard InChI is InChI=1S/C12H21N3O3/c13-12(18)15-6-8(1-4-11(16)17)5-10(7-15)14-9-2-3-9/h8-10,14H,1-7H2,(H2,13,18)(H,16,17). The highest BCUT2D eigenvalue weighted by Crippen LogP contribution is 2.25. The van der Waals surface area contributed by atoms with Crippen LogP contribution in [0.2, 0.25) is 0 Å². The highest BCUT2D eigenvalue weighted by atomic mass is 16.4. The van der Waals surface area contributed by atoms with Crippen molar-refractivity contribution < 1.29 is 14.7 Å². The Bertz CT molecular complexity index is 331. The predicted molar refractivity (Wildman–Crippen MR) is 66.1 cm³/mol. The number of primary amides is 1. The van der Waals surface area contributed by atoms with Gasteiger partial charge >= 0.3 is 12.0 Å². The van der Waals surface area contributed by atoms with Gasteiger partial charge in [0.25, 0.3) is 0 Å². The Morgan fingerprint density at radius 1 is 1.28 bits per heavy atom. The minimum absolute atomic E-state index is 0.160. The van der Waals surface area contributed by atoms with Gasteiger partial charge < -0.3 is 21.1 Å². The number of amides is 2. The summed E-state index contributed by atoms with van der Waals surface area (Å²) in [7, 11) is 0. The van der Waals surface area contributed by atoms with E-state index >= 15 is 0 Å². The number of hydrogen-bond donors (Lipinski definition) is 3. The summed E-state index contributed by atoms with van der Waals surface area (Å²) >= 11 is 0. The van der Waals surface area contributed by atoms with E-state index in [1.165, 1.54) is 12.8 Å². The third-order valence-electron chi connectivity index (χ3n) is 3.66. The summed E-state index contributed by atoms with van der Waals surface area (Å²) in [4.78, 5) is 23.5. The number of likely N-dealkylation sites (tertiary alicyclic amines) is 1. The smallest absolute Gasteiger partial charge is 0.314 e. The van der Waals surface area contributed by atoms with Gasteiger partial charge in [-0.25, -0.2) is 4.79 Å². The van der Waals surface area contributed by atoms with Crippen LogP contribution >= 0.6 is 0 Å². The van der Waals surface area contributed by atoms with Crippen molar-refractivity contribution in [1.29, 1.82) is 0 Å². The lowest BCUT2D eigenvalue weighted by atomic mass is 9.90. The largest absolute Gasteiger partial charge is 0.481 e. The van der Waals surface area contributed by atoms with Crippen LogP contribution in [0, 0.1) is 5.92 Å². The van der Waals surface area contributed by atoms with Crippen molar-refractivity contribution in [1.82, 2.24) is 10.2 Å². The maximum absolute atomic E-state index is 11.3. The van der Waals surface area contributed by atoms with Gasteiger partial charge in [0.05, 0.1) is 0 Å². The van der Waals surface area contributed by atoms with Crippen molar-refractivity contribution in [2.75, 3.05) is 13.1 Å². The third kappa shape index (κ3) is 3.87. The number of carboxylic acid groups (broad SMARTS) is 1. The normalized spacial score (nSPS) is 28.1. The highest BCUT2D eigenvalue weighted by molar-refractivity contribution is 5.72. The Kier molecular flexibility index (Phi) is 4.06. The molecule has 0 radical (unpaired) electrons. The number of rotatable bonds is 5. The number of nitrogens with two attached hydrogens (primary N) is 1. The Labute approximate surface area is 107 Å². The van der Waals surface area contributed by atoms with Gasteiger partial charge in [-0.1, -0.05) is 0 Å². The van der Waals surface area contributed by atoms with E-state index in [0.29, 0.717) is 25.6 Å². The summed E-state index contributed by atoms with van der Waals surface area (Å²) in [5.41, 5.74) is 5.34. The number of carbonyl (C=O) groups is 2. The van der Waals surface area contributed by atoms with Crippen LogP contribution in [0.3, 0.4) is 0 Å². The average molecular weight is 255 g/mol. The highest BCUT2D eigenvalue weighted by Gasteiger charge is 2.32. The number of nitrogens with one attached hydrogen (secondary N) is 1. The van der Waals surface area contributed by atoms with Crippen LogP contribution in [-0.4, -0.2) is 47.2 Å². The van der Waals surface area contributed by atoms with Crippen molar-refractivity contribution in [2.45, 2.75) is 44.2 Å². The van der Waals surface area contributed by atoms with Crippen LogP contribution < -0.4 is 11.1 Å². The molecule has 0 aromatic heterocycles. The molecule has 1 saturated heterocycles. The Hall–Kier alpha value is -1.30. The fourth-order valence-corrected chi connectivity index (χ4v) is 2.62. The maximum atomic E-state index is 11.3. The van der Waals surface area contributed by atoms with E-state index in [1.807, 2.05) is 0 Å². The molecule has 102 valence electrons. The average Bonchev–Trinajstić information content (AvgIpc) is 3.10. The second kappa shape index (κ2) is 5.56. The van der Waals surface area contributed by atoms with Crippen molar-refractivity contribution in [2.24, 2.45) is 11.7 Å². The Morgan fingerprint density at radius 2 is 2.00 bits per heavy atom. The molecule has 1 saturated carbocycles. The molecule has 2 atom stereocenters. The maximum Gasteiger partial charge on any atom is 0.314 e. The molecule has 6 nitrogen and oxygen atoms in total. The van der Waals surface area contributed by atoms with Gasteiger partial charge in [-0.05, 0) is 31.6 Å². The first-order valence-electron chi connectivity index (χ1n) is 6.57. The summed E-state index contributed by atoms with van der Waals surface area (Å²) in [6.45, 7) is 1.24. The summed E-state index contributed by atoms with van der Waals surface area (Å²) < 4.78 is 0. The second-order valence-corrected chi connectivity index (χ2v) is 5.42.